The number of hydrogen-bond acceptors (Lipinski definition) is 6. The largest absolute Gasteiger partial charge is 0.496 e. The number of hydrogen-bond donors (Lipinski definition) is 2. The zero-order valence-electron chi connectivity index (χ0n) is 15.0. The second-order valence-electron chi connectivity index (χ2n) is 5.72. The summed E-state index contributed by atoms with van der Waals surface area (Å²) in [5.74, 6) is 0.864. The van der Waals surface area contributed by atoms with Gasteiger partial charge in [-0.1, -0.05) is 15.9 Å². The molecule has 2 N–H and O–H groups in total. The smallest absolute Gasteiger partial charge is 0.259 e. The molecule has 0 unspecified atom stereocenters. The van der Waals surface area contributed by atoms with Gasteiger partial charge in [0.2, 0.25) is 0 Å². The second kappa shape index (κ2) is 9.23. The van der Waals surface area contributed by atoms with E-state index in [4.69, 9.17) is 14.2 Å². The fourth-order valence-corrected chi connectivity index (χ4v) is 2.85. The lowest BCUT2D eigenvalue weighted by Gasteiger charge is -2.18. The highest BCUT2D eigenvalue weighted by atomic mass is 79.9. The number of nitrogens with one attached hydrogen (secondary N) is 2. The molecular weight excluding hydrogens is 430 g/mol. The minimum atomic E-state index is -0.462. The molecule has 9 heteroatoms. The van der Waals surface area contributed by atoms with Gasteiger partial charge in [0.1, 0.15) is 19.0 Å². The standard InChI is InChI=1S/C19H18BrN3O5/c1-26-15-5-3-14(20)8-13(15)10-22-23-18(24)11-21-19(25)12-2-4-16-17(9-12)28-7-6-27-16/h2-5,8-10H,6-7,11H2,1H3,(H,21,25)(H,23,24)/b22-10+. The lowest BCUT2D eigenvalue weighted by Crippen LogP contribution is -2.35. The molecule has 0 bridgehead atoms. The van der Waals surface area contributed by atoms with Crippen LogP contribution in [0.1, 0.15) is 15.9 Å². The van der Waals surface area contributed by atoms with Crippen LogP contribution in [0.3, 0.4) is 0 Å². The van der Waals surface area contributed by atoms with E-state index in [0.29, 0.717) is 41.6 Å². The zero-order valence-corrected chi connectivity index (χ0v) is 16.6. The Bertz CT molecular complexity index is 916. The van der Waals surface area contributed by atoms with Crippen molar-refractivity contribution in [1.82, 2.24) is 10.7 Å². The first-order valence-electron chi connectivity index (χ1n) is 8.40. The van der Waals surface area contributed by atoms with Crippen LogP contribution in [-0.4, -0.2) is 44.9 Å². The number of amides is 2. The number of hydrazone groups is 1. The molecule has 28 heavy (non-hydrogen) atoms. The molecule has 2 amide bonds. The molecule has 0 fully saturated rings. The molecule has 1 aliphatic heterocycles. The average Bonchev–Trinajstić information content (AvgIpc) is 2.72. The lowest BCUT2D eigenvalue weighted by atomic mass is 10.2. The van der Waals surface area contributed by atoms with Crippen molar-refractivity contribution in [3.05, 3.63) is 52.0 Å². The minimum absolute atomic E-state index is 0.222. The number of nitrogens with zero attached hydrogens (tertiary/aromatic N) is 1. The monoisotopic (exact) mass is 447 g/mol. The predicted molar refractivity (Wildman–Crippen MR) is 106 cm³/mol. The Hall–Kier alpha value is -3.07. The molecule has 3 rings (SSSR count). The number of fused-ring (bicyclic) bond motifs is 1. The molecule has 0 saturated carbocycles. The Morgan fingerprint density at radius 3 is 2.75 bits per heavy atom. The molecule has 0 atom stereocenters. The summed E-state index contributed by atoms with van der Waals surface area (Å²) < 4.78 is 16.9. The van der Waals surface area contributed by atoms with Gasteiger partial charge in [-0.15, -0.1) is 0 Å². The van der Waals surface area contributed by atoms with Crippen molar-refractivity contribution in [3.8, 4) is 17.2 Å². The van der Waals surface area contributed by atoms with Gasteiger partial charge in [0.25, 0.3) is 11.8 Å². The van der Waals surface area contributed by atoms with Gasteiger partial charge in [-0.2, -0.15) is 5.10 Å². The molecule has 0 aromatic heterocycles. The summed E-state index contributed by atoms with van der Waals surface area (Å²) in [5, 5.41) is 6.42. The van der Waals surface area contributed by atoms with Crippen LogP contribution in [0, 0.1) is 0 Å². The van der Waals surface area contributed by atoms with Crippen LogP contribution in [0.4, 0.5) is 0 Å². The summed E-state index contributed by atoms with van der Waals surface area (Å²) in [6, 6.07) is 10.3. The van der Waals surface area contributed by atoms with Crippen molar-refractivity contribution < 1.29 is 23.8 Å². The number of carbonyl (C=O) groups is 2. The quantitative estimate of drug-likeness (QED) is 0.521. The molecule has 0 radical (unpaired) electrons. The van der Waals surface area contributed by atoms with Crippen LogP contribution in [0.15, 0.2) is 46.0 Å². The van der Waals surface area contributed by atoms with Crippen molar-refractivity contribution in [2.24, 2.45) is 5.10 Å². The van der Waals surface area contributed by atoms with Gasteiger partial charge in [0.15, 0.2) is 11.5 Å². The van der Waals surface area contributed by atoms with Crippen molar-refractivity contribution in [2.45, 2.75) is 0 Å². The summed E-state index contributed by atoms with van der Waals surface area (Å²) in [6.07, 6.45) is 1.46. The molecule has 146 valence electrons. The van der Waals surface area contributed by atoms with Gasteiger partial charge in [0, 0.05) is 15.6 Å². The summed E-state index contributed by atoms with van der Waals surface area (Å²) in [5.41, 5.74) is 3.43. The van der Waals surface area contributed by atoms with Gasteiger partial charge in [-0.25, -0.2) is 5.43 Å². The van der Waals surface area contributed by atoms with Crippen molar-refractivity contribution in [1.29, 1.82) is 0 Å². The summed E-state index contributed by atoms with van der Waals surface area (Å²) >= 11 is 3.36. The Morgan fingerprint density at radius 2 is 1.96 bits per heavy atom. The van der Waals surface area contributed by atoms with Gasteiger partial charge in [-0.05, 0) is 36.4 Å². The third kappa shape index (κ3) is 5.01. The number of carbonyl (C=O) groups excluding carboxylic acids is 2. The summed E-state index contributed by atoms with van der Waals surface area (Å²) in [4.78, 5) is 24.1. The zero-order chi connectivity index (χ0) is 19.9. The highest BCUT2D eigenvalue weighted by Crippen LogP contribution is 2.30. The first-order valence-corrected chi connectivity index (χ1v) is 9.19. The van der Waals surface area contributed by atoms with E-state index >= 15 is 0 Å². The summed E-state index contributed by atoms with van der Waals surface area (Å²) in [7, 11) is 1.55. The number of ether oxygens (including phenoxy) is 3. The second-order valence-corrected chi connectivity index (χ2v) is 6.64. The highest BCUT2D eigenvalue weighted by molar-refractivity contribution is 9.10. The van der Waals surface area contributed by atoms with E-state index in [1.54, 1.807) is 37.4 Å². The molecule has 0 aliphatic carbocycles. The molecule has 8 nitrogen and oxygen atoms in total. The van der Waals surface area contributed by atoms with E-state index in [1.165, 1.54) is 6.21 Å². The number of halogens is 1. The number of methoxy groups -OCH3 is 1. The maximum absolute atomic E-state index is 12.2. The van der Waals surface area contributed by atoms with E-state index in [0.717, 1.165) is 4.47 Å². The van der Waals surface area contributed by atoms with Crippen LogP contribution in [-0.2, 0) is 4.79 Å². The fraction of sp³-hybridized carbons (Fsp3) is 0.211. The van der Waals surface area contributed by atoms with Gasteiger partial charge in [0.05, 0.1) is 19.9 Å². The van der Waals surface area contributed by atoms with Gasteiger partial charge >= 0.3 is 0 Å². The Kier molecular flexibility index (Phi) is 6.49. The van der Waals surface area contributed by atoms with Crippen molar-refractivity contribution >= 4 is 34.0 Å². The van der Waals surface area contributed by atoms with E-state index in [-0.39, 0.29) is 6.54 Å². The molecule has 0 spiro atoms. The lowest BCUT2D eigenvalue weighted by molar-refractivity contribution is -0.120. The molecular formula is C19H18BrN3O5. The van der Waals surface area contributed by atoms with Crippen molar-refractivity contribution in [2.75, 3.05) is 26.9 Å². The minimum Gasteiger partial charge on any atom is -0.496 e. The molecule has 2 aromatic carbocycles. The molecule has 0 saturated heterocycles. The van der Waals surface area contributed by atoms with E-state index in [9.17, 15) is 9.59 Å². The maximum Gasteiger partial charge on any atom is 0.259 e. The summed E-state index contributed by atoms with van der Waals surface area (Å²) in [6.45, 7) is 0.687. The van der Waals surface area contributed by atoms with E-state index < -0.39 is 11.8 Å². The Labute approximate surface area is 170 Å². The highest BCUT2D eigenvalue weighted by Gasteiger charge is 2.15. The fourth-order valence-electron chi connectivity index (χ4n) is 2.47. The average molecular weight is 448 g/mol. The number of benzene rings is 2. The molecule has 1 heterocycles. The molecule has 2 aromatic rings. The van der Waals surface area contributed by atoms with Gasteiger partial charge < -0.3 is 19.5 Å². The normalized spacial score (nSPS) is 12.5. The van der Waals surface area contributed by atoms with Gasteiger partial charge in [-0.3, -0.25) is 9.59 Å². The van der Waals surface area contributed by atoms with Crippen LogP contribution < -0.4 is 25.0 Å². The SMILES string of the molecule is COc1ccc(Br)cc1/C=N/NC(=O)CNC(=O)c1ccc2c(c1)OCCO2. The van der Waals surface area contributed by atoms with Crippen LogP contribution in [0.2, 0.25) is 0 Å². The van der Waals surface area contributed by atoms with E-state index in [2.05, 4.69) is 31.8 Å². The third-order valence-electron chi connectivity index (χ3n) is 3.80. The van der Waals surface area contributed by atoms with Crippen LogP contribution >= 0.6 is 15.9 Å². The van der Waals surface area contributed by atoms with Crippen LogP contribution in [0.25, 0.3) is 0 Å². The molecule has 1 aliphatic rings. The Morgan fingerprint density at radius 1 is 1.18 bits per heavy atom. The first-order chi connectivity index (χ1) is 13.6. The third-order valence-corrected chi connectivity index (χ3v) is 4.29. The topological polar surface area (TPSA) is 98.2 Å². The first kappa shape index (κ1) is 19.7. The maximum atomic E-state index is 12.2. The van der Waals surface area contributed by atoms with E-state index in [1.807, 2.05) is 6.07 Å². The van der Waals surface area contributed by atoms with Crippen molar-refractivity contribution in [3.63, 3.8) is 0 Å². The predicted octanol–water partition coefficient (Wildman–Crippen LogP) is 2.11. The number of rotatable bonds is 6. The Balaban J connectivity index is 1.52. The van der Waals surface area contributed by atoms with Crippen LogP contribution in [0.5, 0.6) is 17.2 Å².